The van der Waals surface area contributed by atoms with E-state index in [2.05, 4.69) is 43.4 Å². The smallest absolute Gasteiger partial charge is 0.313 e. The number of benzene rings is 3. The van der Waals surface area contributed by atoms with Crippen LogP contribution in [0, 0.1) is 5.82 Å². The summed E-state index contributed by atoms with van der Waals surface area (Å²) in [7, 11) is 0. The lowest BCUT2D eigenvalue weighted by atomic mass is 9.93. The number of hydrogen-bond donors (Lipinski definition) is 2. The Balaban J connectivity index is 1.59. The van der Waals surface area contributed by atoms with Crippen molar-refractivity contribution in [2.24, 2.45) is 0 Å². The molecule has 2 N–H and O–H groups in total. The number of nitrogens with zero attached hydrogens (tertiary/aromatic N) is 3. The topological polar surface area (TPSA) is 79.3 Å². The molecule has 41 heavy (non-hydrogen) atoms. The average Bonchev–Trinajstić information content (AvgIpc) is 3.35. The van der Waals surface area contributed by atoms with Gasteiger partial charge in [0.2, 0.25) is 5.91 Å². The normalized spacial score (nSPS) is 11.3. The number of nitrogens with one attached hydrogen (secondary N) is 2. The molecule has 3 amide bonds. The van der Waals surface area contributed by atoms with E-state index < -0.39 is 0 Å². The lowest BCUT2D eigenvalue weighted by Crippen LogP contribution is -2.45. The summed E-state index contributed by atoms with van der Waals surface area (Å²) in [5.41, 5.74) is 5.01. The van der Waals surface area contributed by atoms with Crippen LogP contribution in [0.5, 0.6) is 0 Å². The third-order valence-corrected chi connectivity index (χ3v) is 6.92. The Morgan fingerprint density at radius 1 is 0.829 bits per heavy atom. The lowest BCUT2D eigenvalue weighted by Gasteiger charge is -2.28. The summed E-state index contributed by atoms with van der Waals surface area (Å²) in [4.78, 5) is 28.5. The predicted molar refractivity (Wildman–Crippen MR) is 163 cm³/mol. The van der Waals surface area contributed by atoms with Crippen LogP contribution >= 0.6 is 0 Å². The van der Waals surface area contributed by atoms with Gasteiger partial charge in [-0.3, -0.25) is 4.79 Å². The molecule has 1 aromatic heterocycles. The average molecular weight is 556 g/mol. The van der Waals surface area contributed by atoms with Crippen LogP contribution in [0.15, 0.2) is 78.9 Å². The first kappa shape index (κ1) is 29.5. The summed E-state index contributed by atoms with van der Waals surface area (Å²) in [6.45, 7) is 12.0. The molecule has 4 rings (SSSR count). The maximum absolute atomic E-state index is 13.6. The fourth-order valence-corrected chi connectivity index (χ4v) is 4.70. The van der Waals surface area contributed by atoms with Gasteiger partial charge in [0.15, 0.2) is 0 Å². The molecule has 0 bridgehead atoms. The Kier molecular flexibility index (Phi) is 9.22. The van der Waals surface area contributed by atoms with E-state index in [1.54, 1.807) is 22.9 Å². The van der Waals surface area contributed by atoms with Gasteiger partial charge in [-0.1, -0.05) is 76.2 Å². The van der Waals surface area contributed by atoms with Crippen molar-refractivity contribution in [2.75, 3.05) is 17.2 Å². The second-order valence-corrected chi connectivity index (χ2v) is 11.0. The Morgan fingerprint density at radius 2 is 1.44 bits per heavy atom. The summed E-state index contributed by atoms with van der Waals surface area (Å²) in [5, 5.41) is 10.7. The van der Waals surface area contributed by atoms with Crippen LogP contribution in [0.4, 0.5) is 20.7 Å². The highest BCUT2D eigenvalue weighted by Gasteiger charge is 2.24. The Morgan fingerprint density at radius 3 is 2.00 bits per heavy atom. The third kappa shape index (κ3) is 7.01. The van der Waals surface area contributed by atoms with E-state index in [9.17, 15) is 14.0 Å². The maximum Gasteiger partial charge on any atom is 0.322 e. The zero-order valence-corrected chi connectivity index (χ0v) is 24.5. The number of amides is 3. The zero-order chi connectivity index (χ0) is 29.7. The van der Waals surface area contributed by atoms with E-state index in [1.807, 2.05) is 62.4 Å². The molecule has 0 aliphatic rings. The van der Waals surface area contributed by atoms with Crippen molar-refractivity contribution in [3.8, 4) is 16.9 Å². The van der Waals surface area contributed by atoms with Gasteiger partial charge in [0.1, 0.15) is 18.2 Å². The molecular weight excluding hydrogens is 517 g/mol. The molecule has 0 atom stereocenters. The van der Waals surface area contributed by atoms with Crippen LogP contribution in [0.3, 0.4) is 0 Å². The van der Waals surface area contributed by atoms with Crippen LogP contribution in [0.2, 0.25) is 0 Å². The number of aromatic nitrogens is 2. The molecule has 3 aromatic carbocycles. The summed E-state index contributed by atoms with van der Waals surface area (Å²) in [5.74, 6) is 0.0958. The minimum absolute atomic E-state index is 0.167. The quantitative estimate of drug-likeness (QED) is 0.221. The first-order valence-corrected chi connectivity index (χ1v) is 14.0. The molecule has 4 aromatic rings. The second-order valence-electron chi connectivity index (χ2n) is 11.0. The Bertz CT molecular complexity index is 1470. The highest BCUT2D eigenvalue weighted by atomic mass is 19.1. The first-order chi connectivity index (χ1) is 19.5. The summed E-state index contributed by atoms with van der Waals surface area (Å²) in [6.07, 6.45) is 0. The number of para-hydroxylation sites is 1. The number of urea groups is 1. The minimum Gasteiger partial charge on any atom is -0.313 e. The van der Waals surface area contributed by atoms with Gasteiger partial charge in [0, 0.05) is 23.4 Å². The molecule has 1 heterocycles. The molecule has 0 aliphatic heterocycles. The summed E-state index contributed by atoms with van der Waals surface area (Å²) >= 11 is 0. The Hall–Kier alpha value is -4.46. The number of anilines is 2. The zero-order valence-electron chi connectivity index (χ0n) is 24.5. The number of carbonyl (C=O) groups excluding carboxylic acids is 2. The van der Waals surface area contributed by atoms with Crippen LogP contribution in [-0.2, 0) is 4.79 Å². The standard InChI is InChI=1S/C33H38FN5O2/c1-21(2)27-13-10-14-28(22(3)4)32(27)36-33(41)38(23(5)6)20-31(40)35-30-19-29(24-11-8-7-9-12-24)37-39(30)26-17-15-25(34)16-18-26/h7-19,21-23H,20H2,1-6H3,(H,35,40)(H,36,41). The number of rotatable bonds is 9. The van der Waals surface area contributed by atoms with Gasteiger partial charge in [-0.05, 0) is 61.1 Å². The van der Waals surface area contributed by atoms with E-state index in [0.29, 0.717) is 17.2 Å². The molecular formula is C33H38FN5O2. The highest BCUT2D eigenvalue weighted by molar-refractivity contribution is 5.98. The maximum atomic E-state index is 13.6. The number of halogens is 1. The predicted octanol–water partition coefficient (Wildman–Crippen LogP) is 7.81. The first-order valence-electron chi connectivity index (χ1n) is 14.0. The van der Waals surface area contributed by atoms with Crippen molar-refractivity contribution < 1.29 is 14.0 Å². The van der Waals surface area contributed by atoms with Crippen molar-refractivity contribution in [2.45, 2.75) is 59.4 Å². The van der Waals surface area contributed by atoms with Gasteiger partial charge in [-0.2, -0.15) is 5.10 Å². The SMILES string of the molecule is CC(C)c1cccc(C(C)C)c1NC(=O)N(CC(=O)Nc1cc(-c2ccccc2)nn1-c1ccc(F)cc1)C(C)C. The van der Waals surface area contributed by atoms with Gasteiger partial charge in [0.25, 0.3) is 0 Å². The molecule has 0 fully saturated rings. The third-order valence-electron chi connectivity index (χ3n) is 6.92. The van der Waals surface area contributed by atoms with Crippen LogP contribution in [0.1, 0.15) is 64.5 Å². The molecule has 0 unspecified atom stereocenters. The highest BCUT2D eigenvalue weighted by Crippen LogP contribution is 2.33. The molecule has 214 valence electrons. The van der Waals surface area contributed by atoms with Crippen molar-refractivity contribution in [3.05, 3.63) is 95.8 Å². The van der Waals surface area contributed by atoms with Crippen LogP contribution < -0.4 is 10.6 Å². The van der Waals surface area contributed by atoms with Crippen molar-refractivity contribution in [1.82, 2.24) is 14.7 Å². The van der Waals surface area contributed by atoms with Crippen molar-refractivity contribution in [3.63, 3.8) is 0 Å². The van der Waals surface area contributed by atoms with Crippen molar-refractivity contribution in [1.29, 1.82) is 0 Å². The monoisotopic (exact) mass is 555 g/mol. The number of hydrogen-bond acceptors (Lipinski definition) is 3. The van der Waals surface area contributed by atoms with Crippen molar-refractivity contribution >= 4 is 23.4 Å². The fourth-order valence-electron chi connectivity index (χ4n) is 4.70. The van der Waals surface area contributed by atoms with Crippen LogP contribution in [0.25, 0.3) is 16.9 Å². The van der Waals surface area contributed by atoms with Crippen LogP contribution in [-0.4, -0.2) is 39.2 Å². The molecule has 8 heteroatoms. The fraction of sp³-hybridized carbons (Fsp3) is 0.303. The summed E-state index contributed by atoms with van der Waals surface area (Å²) < 4.78 is 15.2. The number of carbonyl (C=O) groups is 2. The van der Waals surface area contributed by atoms with E-state index in [-0.39, 0.29) is 42.2 Å². The van der Waals surface area contributed by atoms with E-state index in [0.717, 1.165) is 22.4 Å². The van der Waals surface area contributed by atoms with Gasteiger partial charge in [-0.25, -0.2) is 13.9 Å². The molecule has 0 radical (unpaired) electrons. The summed E-state index contributed by atoms with van der Waals surface area (Å²) in [6, 6.07) is 22.7. The molecule has 0 spiro atoms. The van der Waals surface area contributed by atoms with Gasteiger partial charge in [0.05, 0.1) is 11.4 Å². The molecule has 7 nitrogen and oxygen atoms in total. The molecule has 0 aliphatic carbocycles. The van der Waals surface area contributed by atoms with Gasteiger partial charge in [-0.15, -0.1) is 0 Å². The minimum atomic E-state index is -0.377. The molecule has 0 saturated carbocycles. The second kappa shape index (κ2) is 12.8. The van der Waals surface area contributed by atoms with E-state index >= 15 is 0 Å². The van der Waals surface area contributed by atoms with Gasteiger partial charge < -0.3 is 15.5 Å². The van der Waals surface area contributed by atoms with E-state index in [1.165, 1.54) is 17.0 Å². The van der Waals surface area contributed by atoms with E-state index in [4.69, 9.17) is 0 Å². The Labute approximate surface area is 241 Å². The lowest BCUT2D eigenvalue weighted by molar-refractivity contribution is -0.117. The van der Waals surface area contributed by atoms with Gasteiger partial charge >= 0.3 is 6.03 Å². The largest absolute Gasteiger partial charge is 0.322 e. The molecule has 0 saturated heterocycles.